The number of amides is 1. The number of carbonyl (C=O) groups excluding carboxylic acids is 1. The lowest BCUT2D eigenvalue weighted by Gasteiger charge is -2.21. The molecule has 1 atom stereocenters. The summed E-state index contributed by atoms with van der Waals surface area (Å²) in [6, 6.07) is 6.65. The van der Waals surface area contributed by atoms with Gasteiger partial charge < -0.3 is 15.8 Å². The minimum absolute atomic E-state index is 0.182. The molecule has 5 nitrogen and oxygen atoms in total. The molecule has 1 aliphatic rings. The number of hydrogen-bond donors (Lipinski definition) is 2. The van der Waals surface area contributed by atoms with Gasteiger partial charge in [0.1, 0.15) is 11.6 Å². The van der Waals surface area contributed by atoms with Crippen LogP contribution in [0.4, 0.5) is 5.69 Å². The van der Waals surface area contributed by atoms with Crippen LogP contribution in [0.5, 0.6) is 0 Å². The Morgan fingerprint density at radius 1 is 1.61 bits per heavy atom. The summed E-state index contributed by atoms with van der Waals surface area (Å²) in [7, 11) is 0. The molecule has 0 radical (unpaired) electrons. The maximum atomic E-state index is 12.0. The number of nitrogens with two attached hydrogens (primary N) is 1. The number of nitrogens with zero attached hydrogens (tertiary/aromatic N) is 1. The van der Waals surface area contributed by atoms with Crippen LogP contribution in [0.1, 0.15) is 12.0 Å². The minimum Gasteiger partial charge on any atom is -0.379 e. The molecule has 0 aromatic heterocycles. The minimum atomic E-state index is -1.03. The lowest BCUT2D eigenvalue weighted by molar-refractivity contribution is -0.121. The summed E-state index contributed by atoms with van der Waals surface area (Å²) in [6.45, 7) is 0.645. The van der Waals surface area contributed by atoms with Gasteiger partial charge in [-0.1, -0.05) is 11.6 Å². The van der Waals surface area contributed by atoms with Crippen LogP contribution in [0.3, 0.4) is 0 Å². The SMILES string of the molecule is N#Cc1ccc(Cl)cc1NC(=O)C1(N)CCOC1. The van der Waals surface area contributed by atoms with Crippen LogP contribution in [0.15, 0.2) is 18.2 Å². The zero-order valence-corrected chi connectivity index (χ0v) is 10.3. The van der Waals surface area contributed by atoms with Gasteiger partial charge in [0, 0.05) is 11.6 Å². The second-order valence-corrected chi connectivity index (χ2v) is 4.65. The Morgan fingerprint density at radius 2 is 2.39 bits per heavy atom. The van der Waals surface area contributed by atoms with Crippen LogP contribution < -0.4 is 11.1 Å². The second kappa shape index (κ2) is 4.94. The first-order valence-corrected chi connectivity index (χ1v) is 5.81. The van der Waals surface area contributed by atoms with Crippen molar-refractivity contribution in [1.29, 1.82) is 5.26 Å². The van der Waals surface area contributed by atoms with Gasteiger partial charge in [0.15, 0.2) is 0 Å². The first-order chi connectivity index (χ1) is 8.55. The van der Waals surface area contributed by atoms with E-state index in [0.29, 0.717) is 29.3 Å². The van der Waals surface area contributed by atoms with Gasteiger partial charge in [-0.05, 0) is 24.6 Å². The topological polar surface area (TPSA) is 88.1 Å². The molecule has 0 saturated carbocycles. The number of carbonyl (C=O) groups is 1. The normalized spacial score (nSPS) is 22.5. The van der Waals surface area contributed by atoms with Crippen LogP contribution in [-0.2, 0) is 9.53 Å². The average Bonchev–Trinajstić information content (AvgIpc) is 2.78. The first-order valence-electron chi connectivity index (χ1n) is 5.43. The molecule has 1 unspecified atom stereocenters. The van der Waals surface area contributed by atoms with Crippen molar-refractivity contribution in [2.45, 2.75) is 12.0 Å². The number of halogens is 1. The Bertz CT molecular complexity index is 519. The summed E-state index contributed by atoms with van der Waals surface area (Å²) in [4.78, 5) is 12.0. The van der Waals surface area contributed by atoms with E-state index < -0.39 is 5.54 Å². The maximum absolute atomic E-state index is 12.0. The highest BCUT2D eigenvalue weighted by Gasteiger charge is 2.38. The molecule has 0 bridgehead atoms. The van der Waals surface area contributed by atoms with E-state index in [2.05, 4.69) is 5.32 Å². The van der Waals surface area contributed by atoms with Crippen LogP contribution >= 0.6 is 11.6 Å². The quantitative estimate of drug-likeness (QED) is 0.843. The summed E-state index contributed by atoms with van der Waals surface area (Å²) in [5.41, 5.74) is 5.60. The molecule has 1 aliphatic heterocycles. The Morgan fingerprint density at radius 3 is 3.00 bits per heavy atom. The van der Waals surface area contributed by atoms with Crippen LogP contribution in [-0.4, -0.2) is 24.7 Å². The molecule has 1 heterocycles. The fourth-order valence-electron chi connectivity index (χ4n) is 1.72. The van der Waals surface area contributed by atoms with Crippen LogP contribution in [0.25, 0.3) is 0 Å². The molecular weight excluding hydrogens is 254 g/mol. The maximum Gasteiger partial charge on any atom is 0.246 e. The Balaban J connectivity index is 2.21. The standard InChI is InChI=1S/C12H12ClN3O2/c13-9-2-1-8(6-14)10(5-9)16-11(17)12(15)3-4-18-7-12/h1-2,5H,3-4,7,15H2,(H,16,17). The third-order valence-electron chi connectivity index (χ3n) is 2.85. The zero-order chi connectivity index (χ0) is 13.2. The zero-order valence-electron chi connectivity index (χ0n) is 9.57. The highest BCUT2D eigenvalue weighted by Crippen LogP contribution is 2.23. The van der Waals surface area contributed by atoms with E-state index >= 15 is 0 Å². The molecule has 1 aromatic carbocycles. The molecule has 18 heavy (non-hydrogen) atoms. The molecule has 0 aliphatic carbocycles. The van der Waals surface area contributed by atoms with E-state index in [0.717, 1.165) is 0 Å². The van der Waals surface area contributed by atoms with Gasteiger partial charge in [-0.25, -0.2) is 0 Å². The molecule has 2 rings (SSSR count). The van der Waals surface area contributed by atoms with Gasteiger partial charge in [-0.15, -0.1) is 0 Å². The molecule has 1 fully saturated rings. The van der Waals surface area contributed by atoms with Crippen molar-refractivity contribution in [2.75, 3.05) is 18.5 Å². The van der Waals surface area contributed by atoms with Crippen molar-refractivity contribution < 1.29 is 9.53 Å². The monoisotopic (exact) mass is 265 g/mol. The molecule has 6 heteroatoms. The number of ether oxygens (including phenoxy) is 1. The summed E-state index contributed by atoms with van der Waals surface area (Å²) in [5.74, 6) is -0.362. The molecule has 1 saturated heterocycles. The number of rotatable bonds is 2. The van der Waals surface area contributed by atoms with E-state index in [1.54, 1.807) is 12.1 Å². The number of hydrogen-bond acceptors (Lipinski definition) is 4. The van der Waals surface area contributed by atoms with Crippen LogP contribution in [0, 0.1) is 11.3 Å². The van der Waals surface area contributed by atoms with E-state index in [-0.39, 0.29) is 12.5 Å². The van der Waals surface area contributed by atoms with E-state index in [1.165, 1.54) is 6.07 Å². The second-order valence-electron chi connectivity index (χ2n) is 4.21. The number of anilines is 1. The summed E-state index contributed by atoms with van der Waals surface area (Å²) in [5, 5.41) is 12.0. The number of benzene rings is 1. The fourth-order valence-corrected chi connectivity index (χ4v) is 1.90. The van der Waals surface area contributed by atoms with Crippen molar-refractivity contribution >= 4 is 23.2 Å². The third-order valence-corrected chi connectivity index (χ3v) is 3.09. The largest absolute Gasteiger partial charge is 0.379 e. The Kier molecular flexibility index (Phi) is 3.53. The van der Waals surface area contributed by atoms with Gasteiger partial charge in [0.05, 0.1) is 17.9 Å². The van der Waals surface area contributed by atoms with Crippen molar-refractivity contribution in [2.24, 2.45) is 5.73 Å². The smallest absolute Gasteiger partial charge is 0.246 e. The van der Waals surface area contributed by atoms with Gasteiger partial charge in [0.25, 0.3) is 0 Å². The predicted molar refractivity (Wildman–Crippen MR) is 67.2 cm³/mol. The van der Waals surface area contributed by atoms with E-state index in [4.69, 9.17) is 27.3 Å². The number of nitriles is 1. The first kappa shape index (κ1) is 12.8. The predicted octanol–water partition coefficient (Wildman–Crippen LogP) is 1.27. The molecule has 1 amide bonds. The van der Waals surface area contributed by atoms with Crippen molar-refractivity contribution in [3.8, 4) is 6.07 Å². The highest BCUT2D eigenvalue weighted by atomic mass is 35.5. The van der Waals surface area contributed by atoms with Crippen molar-refractivity contribution in [1.82, 2.24) is 0 Å². The van der Waals surface area contributed by atoms with Crippen molar-refractivity contribution in [3.63, 3.8) is 0 Å². The summed E-state index contributed by atoms with van der Waals surface area (Å²) in [6.07, 6.45) is 0.460. The average molecular weight is 266 g/mol. The van der Waals surface area contributed by atoms with Gasteiger partial charge in [-0.2, -0.15) is 5.26 Å². The molecule has 1 aromatic rings. The van der Waals surface area contributed by atoms with E-state index in [1.807, 2.05) is 6.07 Å². The molecule has 3 N–H and O–H groups in total. The van der Waals surface area contributed by atoms with E-state index in [9.17, 15) is 4.79 Å². The third kappa shape index (κ3) is 2.46. The lowest BCUT2D eigenvalue weighted by Crippen LogP contribution is -2.51. The fraction of sp³-hybridized carbons (Fsp3) is 0.333. The van der Waals surface area contributed by atoms with Crippen molar-refractivity contribution in [3.05, 3.63) is 28.8 Å². The van der Waals surface area contributed by atoms with Crippen LogP contribution in [0.2, 0.25) is 5.02 Å². The molecular formula is C12H12ClN3O2. The van der Waals surface area contributed by atoms with Gasteiger partial charge in [-0.3, -0.25) is 4.79 Å². The highest BCUT2D eigenvalue weighted by molar-refractivity contribution is 6.31. The molecule has 94 valence electrons. The van der Waals surface area contributed by atoms with Gasteiger partial charge >= 0.3 is 0 Å². The Hall–Kier alpha value is -1.61. The van der Waals surface area contributed by atoms with Gasteiger partial charge in [0.2, 0.25) is 5.91 Å². The Labute approximate surface area is 109 Å². The molecule has 0 spiro atoms. The summed E-state index contributed by atoms with van der Waals surface area (Å²) < 4.78 is 5.12. The summed E-state index contributed by atoms with van der Waals surface area (Å²) >= 11 is 5.83. The number of nitrogens with one attached hydrogen (secondary N) is 1. The lowest BCUT2D eigenvalue weighted by atomic mass is 9.99.